The molecule has 18 heavy (non-hydrogen) atoms. The topological polar surface area (TPSA) is 26.3 Å². The molecule has 0 saturated carbocycles. The van der Waals surface area contributed by atoms with E-state index < -0.39 is 5.82 Å². The molecule has 0 aliphatic heterocycles. The quantitative estimate of drug-likeness (QED) is 0.784. The summed E-state index contributed by atoms with van der Waals surface area (Å²) in [6.45, 7) is 0.0901. The molecule has 0 aliphatic rings. The smallest absolute Gasteiger partial charge is 0.150 e. The molecule has 0 spiro atoms. The van der Waals surface area contributed by atoms with Gasteiger partial charge >= 0.3 is 0 Å². The molecular weight excluding hydrogens is 255 g/mol. The summed E-state index contributed by atoms with van der Waals surface area (Å²) in [7, 11) is 0. The Morgan fingerprint density at radius 2 is 1.89 bits per heavy atom. The van der Waals surface area contributed by atoms with E-state index in [9.17, 15) is 9.18 Å². The van der Waals surface area contributed by atoms with E-state index in [4.69, 9.17) is 16.3 Å². The van der Waals surface area contributed by atoms with Gasteiger partial charge in [-0.2, -0.15) is 0 Å². The first kappa shape index (κ1) is 12.6. The summed E-state index contributed by atoms with van der Waals surface area (Å²) in [5, 5.41) is 0.0763. The Labute approximate surface area is 109 Å². The molecule has 0 aromatic heterocycles. The molecule has 2 aromatic carbocycles. The molecule has 0 unspecified atom stereocenters. The van der Waals surface area contributed by atoms with Gasteiger partial charge in [0.25, 0.3) is 0 Å². The highest BCUT2D eigenvalue weighted by Gasteiger charge is 2.06. The third-order valence-corrected chi connectivity index (χ3v) is 2.73. The first-order valence-corrected chi connectivity index (χ1v) is 5.69. The predicted molar refractivity (Wildman–Crippen MR) is 67.6 cm³/mol. The molecule has 0 bridgehead atoms. The van der Waals surface area contributed by atoms with Crippen LogP contribution in [0.3, 0.4) is 0 Å². The van der Waals surface area contributed by atoms with Crippen LogP contribution in [0, 0.1) is 5.82 Å². The first-order valence-electron chi connectivity index (χ1n) is 5.31. The average molecular weight is 265 g/mol. The van der Waals surface area contributed by atoms with Gasteiger partial charge in [-0.3, -0.25) is 4.79 Å². The van der Waals surface area contributed by atoms with Crippen molar-refractivity contribution in [2.75, 3.05) is 0 Å². The Morgan fingerprint density at radius 3 is 2.56 bits per heavy atom. The second kappa shape index (κ2) is 5.65. The number of halogens is 2. The number of hydrogen-bond donors (Lipinski definition) is 0. The Hall–Kier alpha value is -1.87. The maximum Gasteiger partial charge on any atom is 0.150 e. The van der Waals surface area contributed by atoms with E-state index in [1.54, 1.807) is 36.4 Å². The lowest BCUT2D eigenvalue weighted by atomic mass is 10.2. The summed E-state index contributed by atoms with van der Waals surface area (Å²) >= 11 is 5.67. The molecule has 2 nitrogen and oxygen atoms in total. The maximum absolute atomic E-state index is 13.6. The summed E-state index contributed by atoms with van der Waals surface area (Å²) in [5.74, 6) is 0.101. The lowest BCUT2D eigenvalue weighted by Crippen LogP contribution is -1.98. The SMILES string of the molecule is O=Cc1ccc(OCc2cccc(Cl)c2F)cc1. The van der Waals surface area contributed by atoms with Gasteiger partial charge in [-0.1, -0.05) is 23.7 Å². The van der Waals surface area contributed by atoms with Crippen molar-refractivity contribution in [3.05, 3.63) is 64.4 Å². The van der Waals surface area contributed by atoms with Gasteiger partial charge in [-0.25, -0.2) is 4.39 Å². The van der Waals surface area contributed by atoms with E-state index in [2.05, 4.69) is 0 Å². The van der Waals surface area contributed by atoms with Crippen LogP contribution in [0.2, 0.25) is 5.02 Å². The second-order valence-electron chi connectivity index (χ2n) is 3.69. The minimum Gasteiger partial charge on any atom is -0.489 e. The van der Waals surface area contributed by atoms with Gasteiger partial charge in [0, 0.05) is 11.1 Å². The lowest BCUT2D eigenvalue weighted by Gasteiger charge is -2.07. The van der Waals surface area contributed by atoms with Gasteiger partial charge in [0.05, 0.1) is 5.02 Å². The third-order valence-electron chi connectivity index (χ3n) is 2.44. The first-order chi connectivity index (χ1) is 8.70. The van der Waals surface area contributed by atoms with Gasteiger partial charge in [0.2, 0.25) is 0 Å². The van der Waals surface area contributed by atoms with Crippen molar-refractivity contribution in [2.24, 2.45) is 0 Å². The number of aldehydes is 1. The summed E-state index contributed by atoms with van der Waals surface area (Å²) in [6.07, 6.45) is 0.750. The zero-order valence-corrected chi connectivity index (χ0v) is 10.2. The molecule has 4 heteroatoms. The standard InChI is InChI=1S/C14H10ClFO2/c15-13-3-1-2-11(14(13)16)9-18-12-6-4-10(8-17)5-7-12/h1-8H,9H2. The second-order valence-corrected chi connectivity index (χ2v) is 4.10. The largest absolute Gasteiger partial charge is 0.489 e. The van der Waals surface area contributed by atoms with Crippen LogP contribution < -0.4 is 4.74 Å². The lowest BCUT2D eigenvalue weighted by molar-refractivity contribution is 0.112. The highest BCUT2D eigenvalue weighted by molar-refractivity contribution is 6.30. The van der Waals surface area contributed by atoms with E-state index in [0.29, 0.717) is 16.9 Å². The van der Waals surface area contributed by atoms with E-state index >= 15 is 0 Å². The summed E-state index contributed by atoms with van der Waals surface area (Å²) in [4.78, 5) is 10.5. The van der Waals surface area contributed by atoms with E-state index in [1.165, 1.54) is 6.07 Å². The molecule has 92 valence electrons. The number of ether oxygens (including phenoxy) is 1. The molecule has 2 aromatic rings. The molecule has 2 rings (SSSR count). The maximum atomic E-state index is 13.6. The van der Waals surface area contributed by atoms with Crippen molar-refractivity contribution in [2.45, 2.75) is 6.61 Å². The highest BCUT2D eigenvalue weighted by Crippen LogP contribution is 2.20. The number of hydrogen-bond acceptors (Lipinski definition) is 2. The number of carbonyl (C=O) groups excluding carboxylic acids is 1. The molecule has 0 radical (unpaired) electrons. The fourth-order valence-electron chi connectivity index (χ4n) is 1.46. The fourth-order valence-corrected chi connectivity index (χ4v) is 1.66. The van der Waals surface area contributed by atoms with Crippen LogP contribution in [0.25, 0.3) is 0 Å². The molecule has 0 aliphatic carbocycles. The van der Waals surface area contributed by atoms with E-state index in [0.717, 1.165) is 6.29 Å². The Balaban J connectivity index is 2.06. The zero-order chi connectivity index (χ0) is 13.0. The van der Waals surface area contributed by atoms with Crippen LogP contribution in [0.15, 0.2) is 42.5 Å². The molecule has 0 atom stereocenters. The minimum absolute atomic E-state index is 0.0763. The molecular formula is C14H10ClFO2. The summed E-state index contributed by atoms with van der Waals surface area (Å²) < 4.78 is 19.0. The monoisotopic (exact) mass is 264 g/mol. The third kappa shape index (κ3) is 2.87. The van der Waals surface area contributed by atoms with Crippen LogP contribution in [-0.2, 0) is 6.61 Å². The van der Waals surface area contributed by atoms with Crippen LogP contribution in [0.5, 0.6) is 5.75 Å². The highest BCUT2D eigenvalue weighted by atomic mass is 35.5. The van der Waals surface area contributed by atoms with Crippen LogP contribution in [0.4, 0.5) is 4.39 Å². The molecule has 0 N–H and O–H groups in total. The van der Waals surface area contributed by atoms with E-state index in [1.807, 2.05) is 0 Å². The van der Waals surface area contributed by atoms with Crippen LogP contribution in [-0.4, -0.2) is 6.29 Å². The van der Waals surface area contributed by atoms with Crippen molar-refractivity contribution >= 4 is 17.9 Å². The van der Waals surface area contributed by atoms with Crippen LogP contribution >= 0.6 is 11.6 Å². The summed E-state index contributed by atoms with van der Waals surface area (Å²) in [6, 6.07) is 11.4. The van der Waals surface area contributed by atoms with Gasteiger partial charge in [-0.15, -0.1) is 0 Å². The Bertz CT molecular complexity index is 552. The van der Waals surface area contributed by atoms with Crippen molar-refractivity contribution in [1.82, 2.24) is 0 Å². The zero-order valence-electron chi connectivity index (χ0n) is 9.40. The van der Waals surface area contributed by atoms with Crippen molar-refractivity contribution < 1.29 is 13.9 Å². The molecule has 0 fully saturated rings. The number of rotatable bonds is 4. The molecule has 0 amide bonds. The Kier molecular flexibility index (Phi) is 3.95. The van der Waals surface area contributed by atoms with Crippen molar-refractivity contribution in [3.8, 4) is 5.75 Å². The van der Waals surface area contributed by atoms with Gasteiger partial charge in [0.1, 0.15) is 24.5 Å². The van der Waals surface area contributed by atoms with Gasteiger partial charge < -0.3 is 4.74 Å². The average Bonchev–Trinajstić information content (AvgIpc) is 2.41. The predicted octanol–water partition coefficient (Wildman–Crippen LogP) is 3.87. The van der Waals surface area contributed by atoms with Crippen molar-refractivity contribution in [1.29, 1.82) is 0 Å². The minimum atomic E-state index is -0.469. The number of carbonyl (C=O) groups is 1. The summed E-state index contributed by atoms with van der Waals surface area (Å²) in [5.41, 5.74) is 0.957. The van der Waals surface area contributed by atoms with Gasteiger partial charge in [-0.05, 0) is 30.3 Å². The number of benzene rings is 2. The van der Waals surface area contributed by atoms with E-state index in [-0.39, 0.29) is 11.6 Å². The van der Waals surface area contributed by atoms with Crippen molar-refractivity contribution in [3.63, 3.8) is 0 Å². The molecule has 0 heterocycles. The van der Waals surface area contributed by atoms with Gasteiger partial charge in [0.15, 0.2) is 0 Å². The fraction of sp³-hybridized carbons (Fsp3) is 0.0714. The normalized spacial score (nSPS) is 10.1. The van der Waals surface area contributed by atoms with Crippen LogP contribution in [0.1, 0.15) is 15.9 Å². The molecule has 0 saturated heterocycles. The Morgan fingerprint density at radius 1 is 1.17 bits per heavy atom.